The molecule has 0 amide bonds. The summed E-state index contributed by atoms with van der Waals surface area (Å²) in [5.74, 6) is 0. The number of nitrogens with two attached hydrogens (primary N) is 1. The molecule has 94 valence electrons. The summed E-state index contributed by atoms with van der Waals surface area (Å²) in [6.45, 7) is 3.13. The Balaban J connectivity index is 2.49. The second-order valence-corrected chi connectivity index (χ2v) is 6.76. The largest absolute Gasteiger partial charge is 0.384 e. The van der Waals surface area contributed by atoms with Gasteiger partial charge in [-0.3, -0.25) is 4.98 Å². The highest BCUT2D eigenvalue weighted by atomic mass is 32.2. The van der Waals surface area contributed by atoms with Crippen LogP contribution < -0.4 is 5.14 Å². The lowest BCUT2D eigenvalue weighted by Crippen LogP contribution is -2.30. The number of primary sulfonamides is 1. The Hall–Kier alpha value is -1.05. The van der Waals surface area contributed by atoms with Gasteiger partial charge >= 0.3 is 0 Å². The summed E-state index contributed by atoms with van der Waals surface area (Å²) < 4.78 is 22.0. The molecule has 17 heavy (non-hydrogen) atoms. The average Bonchev–Trinajstić information content (AvgIpc) is 2.96. The maximum absolute atomic E-state index is 11.5. The third-order valence-corrected chi connectivity index (χ3v) is 4.68. The maximum Gasteiger partial charge on any atom is 0.220 e. The molecule has 1 fully saturated rings. The van der Waals surface area contributed by atoms with Crippen LogP contribution in [0.25, 0.3) is 0 Å². The molecule has 1 aliphatic rings. The summed E-state index contributed by atoms with van der Waals surface area (Å²) in [6.07, 6.45) is 3.72. The lowest BCUT2D eigenvalue weighted by molar-refractivity contribution is 0.0731. The van der Waals surface area contributed by atoms with Gasteiger partial charge in [-0.1, -0.05) is 0 Å². The molecule has 0 spiro atoms. The minimum Gasteiger partial charge on any atom is -0.384 e. The number of hydrogen-bond acceptors (Lipinski definition) is 5. The predicted molar refractivity (Wildman–Crippen MR) is 61.3 cm³/mol. The second kappa shape index (κ2) is 3.47. The molecule has 0 aliphatic heterocycles. The molecule has 1 saturated carbocycles. The zero-order valence-corrected chi connectivity index (χ0v) is 10.5. The molecule has 0 saturated heterocycles. The van der Waals surface area contributed by atoms with Crippen molar-refractivity contribution in [3.05, 3.63) is 23.8 Å². The van der Waals surface area contributed by atoms with Gasteiger partial charge in [-0.15, -0.1) is 0 Å². The smallest absolute Gasteiger partial charge is 0.220 e. The predicted octanol–water partition coefficient (Wildman–Crippen LogP) is -0.0184. The van der Waals surface area contributed by atoms with E-state index in [1.165, 1.54) is 12.4 Å². The van der Waals surface area contributed by atoms with Crippen LogP contribution in [0.2, 0.25) is 0 Å². The molecule has 2 rings (SSSR count). The molecule has 1 aromatic heterocycles. The van der Waals surface area contributed by atoms with Crippen molar-refractivity contribution in [2.24, 2.45) is 5.14 Å². The van der Waals surface area contributed by atoms with Gasteiger partial charge in [0.15, 0.2) is 0 Å². The Bertz CT molecular complexity index is 544. The summed E-state index contributed by atoms with van der Waals surface area (Å²) in [5.41, 5.74) is -0.498. The van der Waals surface area contributed by atoms with E-state index in [0.717, 1.165) is 0 Å². The first-order valence-electron chi connectivity index (χ1n) is 5.24. The first-order chi connectivity index (χ1) is 7.67. The minimum absolute atomic E-state index is 0.319. The van der Waals surface area contributed by atoms with E-state index >= 15 is 0 Å². The van der Waals surface area contributed by atoms with Crippen LogP contribution in [0.5, 0.6) is 0 Å². The van der Waals surface area contributed by atoms with Crippen molar-refractivity contribution >= 4 is 10.0 Å². The minimum atomic E-state index is -3.69. The summed E-state index contributed by atoms with van der Waals surface area (Å²) in [6, 6.07) is 0. The highest BCUT2D eigenvalue weighted by molar-refractivity contribution is 7.90. The fraction of sp³-hybridized carbons (Fsp3) is 0.600. The third-order valence-electron chi connectivity index (χ3n) is 2.98. The van der Waals surface area contributed by atoms with E-state index in [1.807, 2.05) is 0 Å². The Kier molecular flexibility index (Phi) is 2.53. The normalized spacial score (nSPS) is 19.1. The maximum atomic E-state index is 11.5. The molecule has 1 aliphatic carbocycles. The summed E-state index contributed by atoms with van der Waals surface area (Å²) >= 11 is 0. The zero-order chi connectivity index (χ0) is 12.9. The first-order valence-corrected chi connectivity index (χ1v) is 6.79. The Morgan fingerprint density at radius 2 is 2.00 bits per heavy atom. The van der Waals surface area contributed by atoms with Crippen molar-refractivity contribution in [2.75, 3.05) is 0 Å². The lowest BCUT2D eigenvalue weighted by Gasteiger charge is -2.18. The van der Waals surface area contributed by atoms with Gasteiger partial charge in [-0.05, 0) is 26.7 Å². The van der Waals surface area contributed by atoms with E-state index in [1.54, 1.807) is 13.8 Å². The van der Waals surface area contributed by atoms with E-state index in [-0.39, 0.29) is 0 Å². The highest BCUT2D eigenvalue weighted by Gasteiger charge is 2.56. The van der Waals surface area contributed by atoms with Crippen molar-refractivity contribution in [3.63, 3.8) is 0 Å². The number of rotatable bonds is 3. The van der Waals surface area contributed by atoms with E-state index in [4.69, 9.17) is 5.14 Å². The van der Waals surface area contributed by atoms with E-state index in [9.17, 15) is 13.5 Å². The number of aliphatic hydroxyl groups is 1. The van der Waals surface area contributed by atoms with Crippen molar-refractivity contribution in [1.29, 1.82) is 0 Å². The van der Waals surface area contributed by atoms with E-state index in [2.05, 4.69) is 9.97 Å². The lowest BCUT2D eigenvalue weighted by atomic mass is 10.1. The van der Waals surface area contributed by atoms with Gasteiger partial charge in [0.2, 0.25) is 10.0 Å². The molecule has 0 bridgehead atoms. The third kappa shape index (κ3) is 2.05. The Labute approximate surface area is 99.9 Å². The molecule has 0 atom stereocenters. The van der Waals surface area contributed by atoms with Crippen molar-refractivity contribution in [1.82, 2.24) is 9.97 Å². The van der Waals surface area contributed by atoms with Gasteiger partial charge in [-0.25, -0.2) is 18.5 Å². The van der Waals surface area contributed by atoms with Gasteiger partial charge in [0, 0.05) is 0 Å². The molecule has 0 aromatic carbocycles. The molecule has 6 nitrogen and oxygen atoms in total. The van der Waals surface area contributed by atoms with Gasteiger partial charge in [0.05, 0.1) is 23.8 Å². The van der Waals surface area contributed by atoms with Gasteiger partial charge < -0.3 is 5.11 Å². The number of sulfonamides is 1. The van der Waals surface area contributed by atoms with Crippen LogP contribution in [0.1, 0.15) is 38.1 Å². The summed E-state index contributed by atoms with van der Waals surface area (Å²) in [5, 5.41) is 15.0. The van der Waals surface area contributed by atoms with E-state index in [0.29, 0.717) is 24.2 Å². The molecular weight excluding hydrogens is 242 g/mol. The zero-order valence-electron chi connectivity index (χ0n) is 9.71. The van der Waals surface area contributed by atoms with Crippen LogP contribution in [0.3, 0.4) is 0 Å². The van der Waals surface area contributed by atoms with Crippen LogP contribution in [0.4, 0.5) is 0 Å². The van der Waals surface area contributed by atoms with Crippen LogP contribution >= 0.6 is 0 Å². The molecule has 1 heterocycles. The fourth-order valence-corrected chi connectivity index (χ4v) is 2.74. The Morgan fingerprint density at radius 3 is 2.41 bits per heavy atom. The number of nitrogens with zero attached hydrogens (tertiary/aromatic N) is 2. The van der Waals surface area contributed by atoms with Gasteiger partial charge in [0.25, 0.3) is 0 Å². The highest BCUT2D eigenvalue weighted by Crippen LogP contribution is 2.50. The van der Waals surface area contributed by atoms with Gasteiger partial charge in [-0.2, -0.15) is 0 Å². The van der Waals surface area contributed by atoms with Crippen molar-refractivity contribution in [3.8, 4) is 0 Å². The SMILES string of the molecule is CC(C)(O)c1cncc(C2(S(N)(=O)=O)CC2)n1. The standard InChI is InChI=1S/C10H15N3O3S/c1-9(2,14)7-5-12-6-8(13-7)10(3-4-10)17(11,15)16/h5-6,14H,3-4H2,1-2H3,(H2,11,15,16). The van der Waals surface area contributed by atoms with E-state index < -0.39 is 20.4 Å². The topological polar surface area (TPSA) is 106 Å². The number of hydrogen-bond donors (Lipinski definition) is 2. The molecular formula is C10H15N3O3S. The van der Waals surface area contributed by atoms with Crippen LogP contribution in [-0.4, -0.2) is 23.5 Å². The molecule has 0 radical (unpaired) electrons. The van der Waals surface area contributed by atoms with Crippen molar-refractivity contribution in [2.45, 2.75) is 37.0 Å². The summed E-state index contributed by atoms with van der Waals surface area (Å²) in [4.78, 5) is 8.10. The second-order valence-electron chi connectivity index (χ2n) is 4.89. The Morgan fingerprint density at radius 1 is 1.41 bits per heavy atom. The fourth-order valence-electron chi connectivity index (χ4n) is 1.68. The first kappa shape index (κ1) is 12.4. The molecule has 7 heteroatoms. The van der Waals surface area contributed by atoms with Gasteiger partial charge in [0.1, 0.15) is 10.3 Å². The molecule has 3 N–H and O–H groups in total. The molecule has 0 unspecified atom stereocenters. The van der Waals surface area contributed by atoms with Crippen LogP contribution in [0.15, 0.2) is 12.4 Å². The summed E-state index contributed by atoms with van der Waals surface area (Å²) in [7, 11) is -3.69. The molecule has 1 aromatic rings. The monoisotopic (exact) mass is 257 g/mol. The quantitative estimate of drug-likeness (QED) is 0.791. The average molecular weight is 257 g/mol. The van der Waals surface area contributed by atoms with Crippen LogP contribution in [-0.2, 0) is 20.4 Å². The number of aromatic nitrogens is 2. The van der Waals surface area contributed by atoms with Crippen LogP contribution in [0, 0.1) is 0 Å². The van der Waals surface area contributed by atoms with Crippen molar-refractivity contribution < 1.29 is 13.5 Å².